The van der Waals surface area contributed by atoms with E-state index in [1.54, 1.807) is 42.5 Å². The molecule has 8 nitrogen and oxygen atoms in total. The maximum atomic E-state index is 12.5. The standard InChI is InChI=1S/C21H23BrN4O4S/c1-3-5-18(27)23-15-9-6-13(7-10-15)19(28)25-26-21(31)24-20(29)16-12-14(22)8-11-17(16)30-4-2/h6-12H,3-5H2,1-2H3,(H,23,27)(H,25,28)(H2,24,26,29,31). The van der Waals surface area contributed by atoms with Crippen LogP contribution in [0.4, 0.5) is 5.69 Å². The monoisotopic (exact) mass is 506 g/mol. The minimum absolute atomic E-state index is 0.0794. The fraction of sp³-hybridized carbons (Fsp3) is 0.238. The summed E-state index contributed by atoms with van der Waals surface area (Å²) < 4.78 is 6.17. The molecule has 0 spiro atoms. The number of hydrogen-bond donors (Lipinski definition) is 4. The second-order valence-corrected chi connectivity index (χ2v) is 7.64. The highest BCUT2D eigenvalue weighted by atomic mass is 79.9. The van der Waals surface area contributed by atoms with Crippen LogP contribution in [0.3, 0.4) is 0 Å². The van der Waals surface area contributed by atoms with Gasteiger partial charge in [0, 0.05) is 22.1 Å². The molecule has 0 aliphatic heterocycles. The van der Waals surface area contributed by atoms with Crippen LogP contribution in [0, 0.1) is 0 Å². The van der Waals surface area contributed by atoms with Crippen LogP contribution in [-0.4, -0.2) is 29.4 Å². The van der Waals surface area contributed by atoms with Gasteiger partial charge in [-0.1, -0.05) is 22.9 Å². The van der Waals surface area contributed by atoms with E-state index in [4.69, 9.17) is 17.0 Å². The first-order chi connectivity index (χ1) is 14.8. The Morgan fingerprint density at radius 1 is 1.00 bits per heavy atom. The lowest BCUT2D eigenvalue weighted by atomic mass is 10.2. The van der Waals surface area contributed by atoms with E-state index < -0.39 is 11.8 Å². The summed E-state index contributed by atoms with van der Waals surface area (Å²) in [6.45, 7) is 4.14. The Morgan fingerprint density at radius 3 is 2.35 bits per heavy atom. The summed E-state index contributed by atoms with van der Waals surface area (Å²) in [6.07, 6.45) is 1.18. The van der Waals surface area contributed by atoms with E-state index in [1.807, 2.05) is 13.8 Å². The molecule has 0 bridgehead atoms. The third-order valence-electron chi connectivity index (χ3n) is 3.91. The van der Waals surface area contributed by atoms with Crippen LogP contribution < -0.4 is 26.2 Å². The van der Waals surface area contributed by atoms with Crippen LogP contribution in [0.15, 0.2) is 46.9 Å². The van der Waals surface area contributed by atoms with E-state index in [0.717, 1.165) is 6.42 Å². The molecule has 0 radical (unpaired) electrons. The third-order valence-corrected chi connectivity index (χ3v) is 4.61. The highest BCUT2D eigenvalue weighted by Crippen LogP contribution is 2.23. The van der Waals surface area contributed by atoms with Crippen molar-refractivity contribution in [1.29, 1.82) is 0 Å². The van der Waals surface area contributed by atoms with Crippen LogP contribution >= 0.6 is 28.1 Å². The Bertz CT molecular complexity index is 966. The molecule has 4 N–H and O–H groups in total. The molecular weight excluding hydrogens is 484 g/mol. The summed E-state index contributed by atoms with van der Waals surface area (Å²) in [4.78, 5) is 36.4. The van der Waals surface area contributed by atoms with Crippen LogP contribution in [0.2, 0.25) is 0 Å². The van der Waals surface area contributed by atoms with E-state index in [9.17, 15) is 14.4 Å². The number of anilines is 1. The van der Waals surface area contributed by atoms with Gasteiger partial charge in [0.1, 0.15) is 5.75 Å². The molecule has 2 rings (SSSR count). The van der Waals surface area contributed by atoms with E-state index in [1.165, 1.54) is 0 Å². The van der Waals surface area contributed by atoms with E-state index >= 15 is 0 Å². The Hall–Kier alpha value is -2.98. The summed E-state index contributed by atoms with van der Waals surface area (Å²) in [5.41, 5.74) is 6.15. The van der Waals surface area contributed by atoms with E-state index in [0.29, 0.717) is 40.1 Å². The van der Waals surface area contributed by atoms with Gasteiger partial charge in [0.15, 0.2) is 5.11 Å². The van der Waals surface area contributed by atoms with Crippen LogP contribution in [0.25, 0.3) is 0 Å². The number of hydrogen-bond acceptors (Lipinski definition) is 5. The molecule has 0 saturated carbocycles. The summed E-state index contributed by atoms with van der Waals surface area (Å²) in [6, 6.07) is 11.4. The second kappa shape index (κ2) is 12.0. The van der Waals surface area contributed by atoms with Crippen LogP contribution in [-0.2, 0) is 4.79 Å². The molecular formula is C21H23BrN4O4S. The maximum Gasteiger partial charge on any atom is 0.269 e. The molecule has 2 aromatic rings. The molecule has 0 aliphatic carbocycles. The quantitative estimate of drug-likeness (QED) is 0.337. The minimum Gasteiger partial charge on any atom is -0.493 e. The summed E-state index contributed by atoms with van der Waals surface area (Å²) >= 11 is 8.39. The van der Waals surface area contributed by atoms with Gasteiger partial charge in [-0.2, -0.15) is 0 Å². The Labute approximate surface area is 194 Å². The summed E-state index contributed by atoms with van der Waals surface area (Å²) in [7, 11) is 0. The first kappa shape index (κ1) is 24.3. The number of ether oxygens (including phenoxy) is 1. The smallest absolute Gasteiger partial charge is 0.269 e. The molecule has 164 valence electrons. The Kier molecular flexibility index (Phi) is 9.41. The Balaban J connectivity index is 1.89. The zero-order chi connectivity index (χ0) is 22.8. The highest BCUT2D eigenvalue weighted by Gasteiger charge is 2.15. The predicted molar refractivity (Wildman–Crippen MR) is 126 cm³/mol. The first-order valence-corrected chi connectivity index (χ1v) is 10.8. The molecule has 0 aliphatic rings. The second-order valence-electron chi connectivity index (χ2n) is 6.31. The van der Waals surface area contributed by atoms with Crippen molar-refractivity contribution in [2.75, 3.05) is 11.9 Å². The lowest BCUT2D eigenvalue weighted by Gasteiger charge is -2.13. The maximum absolute atomic E-state index is 12.5. The van der Waals surface area contributed by atoms with Gasteiger partial charge in [-0.05, 0) is 68.0 Å². The third kappa shape index (κ3) is 7.65. The minimum atomic E-state index is -0.483. The largest absolute Gasteiger partial charge is 0.493 e. The number of hydrazine groups is 1. The molecule has 10 heteroatoms. The lowest BCUT2D eigenvalue weighted by Crippen LogP contribution is -2.48. The molecule has 0 unspecified atom stereocenters. The number of rotatable bonds is 7. The van der Waals surface area contributed by atoms with Gasteiger partial charge in [0.2, 0.25) is 5.91 Å². The Morgan fingerprint density at radius 2 is 1.71 bits per heavy atom. The lowest BCUT2D eigenvalue weighted by molar-refractivity contribution is -0.116. The molecule has 0 fully saturated rings. The van der Waals surface area contributed by atoms with Gasteiger partial charge < -0.3 is 10.1 Å². The molecule has 3 amide bonds. The summed E-state index contributed by atoms with van der Waals surface area (Å²) in [5, 5.41) is 5.16. The van der Waals surface area contributed by atoms with Crippen molar-refractivity contribution in [3.8, 4) is 5.75 Å². The van der Waals surface area contributed by atoms with Gasteiger partial charge in [-0.25, -0.2) is 0 Å². The van der Waals surface area contributed by atoms with Crippen LogP contribution in [0.1, 0.15) is 47.4 Å². The number of carbonyl (C=O) groups is 3. The van der Waals surface area contributed by atoms with Crippen molar-refractivity contribution >= 4 is 56.7 Å². The van der Waals surface area contributed by atoms with Gasteiger partial charge in [-0.15, -0.1) is 0 Å². The van der Waals surface area contributed by atoms with Gasteiger partial charge in [0.05, 0.1) is 12.2 Å². The van der Waals surface area contributed by atoms with Crippen LogP contribution in [0.5, 0.6) is 5.75 Å². The molecule has 0 heterocycles. The van der Waals surface area contributed by atoms with Crippen molar-refractivity contribution in [1.82, 2.24) is 16.2 Å². The fourth-order valence-corrected chi connectivity index (χ4v) is 3.01. The molecule has 31 heavy (non-hydrogen) atoms. The average molecular weight is 507 g/mol. The van der Waals surface area contributed by atoms with Gasteiger partial charge in [0.25, 0.3) is 11.8 Å². The number of benzene rings is 2. The average Bonchev–Trinajstić information content (AvgIpc) is 2.74. The van der Waals surface area contributed by atoms with Gasteiger partial charge >= 0.3 is 0 Å². The molecule has 2 aromatic carbocycles. The van der Waals surface area contributed by atoms with Crippen molar-refractivity contribution in [3.63, 3.8) is 0 Å². The molecule has 0 aromatic heterocycles. The van der Waals surface area contributed by atoms with Crippen molar-refractivity contribution in [2.24, 2.45) is 0 Å². The van der Waals surface area contributed by atoms with E-state index in [2.05, 4.69) is 37.4 Å². The van der Waals surface area contributed by atoms with Crippen molar-refractivity contribution in [2.45, 2.75) is 26.7 Å². The number of halogens is 1. The molecule has 0 saturated heterocycles. The van der Waals surface area contributed by atoms with Crippen molar-refractivity contribution in [3.05, 3.63) is 58.1 Å². The number of nitrogens with one attached hydrogen (secondary N) is 4. The first-order valence-electron chi connectivity index (χ1n) is 9.58. The number of amides is 3. The zero-order valence-electron chi connectivity index (χ0n) is 17.1. The fourth-order valence-electron chi connectivity index (χ4n) is 2.50. The zero-order valence-corrected chi connectivity index (χ0v) is 19.5. The number of thiocarbonyl (C=S) groups is 1. The van der Waals surface area contributed by atoms with Crippen molar-refractivity contribution < 1.29 is 19.1 Å². The van der Waals surface area contributed by atoms with Gasteiger partial charge in [-0.3, -0.25) is 30.6 Å². The topological polar surface area (TPSA) is 109 Å². The predicted octanol–water partition coefficient (Wildman–Crippen LogP) is 3.54. The SMILES string of the molecule is CCCC(=O)Nc1ccc(C(=O)NNC(=S)NC(=O)c2cc(Br)ccc2OCC)cc1. The van der Waals surface area contributed by atoms with E-state index in [-0.39, 0.29) is 11.0 Å². The highest BCUT2D eigenvalue weighted by molar-refractivity contribution is 9.10. The summed E-state index contributed by atoms with van der Waals surface area (Å²) in [5.74, 6) is -0.606. The normalized spacial score (nSPS) is 10.0. The number of carbonyl (C=O) groups excluding carboxylic acids is 3. The molecule has 0 atom stereocenters.